The van der Waals surface area contributed by atoms with Gasteiger partial charge in [-0.25, -0.2) is 0 Å². The molecule has 0 aliphatic heterocycles. The minimum Gasteiger partial charge on any atom is -0.465 e. The van der Waals surface area contributed by atoms with Gasteiger partial charge >= 0.3 is 0 Å². The van der Waals surface area contributed by atoms with Crippen LogP contribution in [0, 0.1) is 12.8 Å². The summed E-state index contributed by atoms with van der Waals surface area (Å²) < 4.78 is 5.34. The van der Waals surface area contributed by atoms with Crippen LogP contribution < -0.4 is 10.6 Å². The van der Waals surface area contributed by atoms with Crippen molar-refractivity contribution in [3.63, 3.8) is 0 Å². The second kappa shape index (κ2) is 5.56. The van der Waals surface area contributed by atoms with E-state index in [4.69, 9.17) is 4.42 Å². The van der Waals surface area contributed by atoms with E-state index < -0.39 is 0 Å². The van der Waals surface area contributed by atoms with E-state index in [1.54, 1.807) is 0 Å². The summed E-state index contributed by atoms with van der Waals surface area (Å²) in [5.74, 6) is 1.67. The predicted molar refractivity (Wildman–Crippen MR) is 58.4 cm³/mol. The molecule has 1 amide bonds. The van der Waals surface area contributed by atoms with Gasteiger partial charge in [0.25, 0.3) is 0 Å². The second-order valence-electron chi connectivity index (χ2n) is 3.69. The molecule has 1 unspecified atom stereocenters. The Morgan fingerprint density at radius 1 is 1.53 bits per heavy atom. The monoisotopic (exact) mass is 210 g/mol. The second-order valence-corrected chi connectivity index (χ2v) is 3.69. The van der Waals surface area contributed by atoms with E-state index in [-0.39, 0.29) is 11.8 Å². The number of furan rings is 1. The Kier molecular flexibility index (Phi) is 4.37. The third-order valence-corrected chi connectivity index (χ3v) is 2.19. The Morgan fingerprint density at radius 2 is 2.27 bits per heavy atom. The molecule has 4 nitrogen and oxygen atoms in total. The molecule has 0 saturated carbocycles. The fraction of sp³-hybridized carbons (Fsp3) is 0.545. The van der Waals surface area contributed by atoms with Gasteiger partial charge < -0.3 is 15.1 Å². The van der Waals surface area contributed by atoms with Crippen LogP contribution in [0.1, 0.15) is 18.4 Å². The number of nitrogens with one attached hydrogen (secondary N) is 2. The summed E-state index contributed by atoms with van der Waals surface area (Å²) in [7, 11) is 1.83. The molecule has 0 radical (unpaired) electrons. The van der Waals surface area contributed by atoms with Crippen LogP contribution in [0.25, 0.3) is 0 Å². The van der Waals surface area contributed by atoms with Crippen molar-refractivity contribution in [2.75, 3.05) is 13.6 Å². The van der Waals surface area contributed by atoms with Crippen LogP contribution in [0.4, 0.5) is 0 Å². The SMILES string of the molecule is CNCC(C)C(=O)NCc1ccc(C)o1. The van der Waals surface area contributed by atoms with Crippen LogP contribution in [0.2, 0.25) is 0 Å². The number of aryl methyl sites for hydroxylation is 1. The number of carbonyl (C=O) groups excluding carboxylic acids is 1. The highest BCUT2D eigenvalue weighted by molar-refractivity contribution is 5.78. The molecule has 1 heterocycles. The molecule has 84 valence electrons. The number of carbonyl (C=O) groups is 1. The highest BCUT2D eigenvalue weighted by Crippen LogP contribution is 2.05. The minimum atomic E-state index is -0.0222. The van der Waals surface area contributed by atoms with Gasteiger partial charge in [0, 0.05) is 12.5 Å². The van der Waals surface area contributed by atoms with Gasteiger partial charge in [0.2, 0.25) is 5.91 Å². The predicted octanol–water partition coefficient (Wildman–Crippen LogP) is 1.06. The van der Waals surface area contributed by atoms with Crippen LogP contribution in [-0.4, -0.2) is 19.5 Å². The molecule has 1 aromatic heterocycles. The van der Waals surface area contributed by atoms with E-state index in [1.165, 1.54) is 0 Å². The lowest BCUT2D eigenvalue weighted by molar-refractivity contribution is -0.124. The van der Waals surface area contributed by atoms with Crippen molar-refractivity contribution in [3.05, 3.63) is 23.7 Å². The molecule has 0 aliphatic carbocycles. The largest absolute Gasteiger partial charge is 0.465 e. The molecule has 1 aromatic rings. The van der Waals surface area contributed by atoms with Crippen molar-refractivity contribution in [2.45, 2.75) is 20.4 Å². The van der Waals surface area contributed by atoms with Gasteiger partial charge in [-0.15, -0.1) is 0 Å². The van der Waals surface area contributed by atoms with Gasteiger partial charge in [0.1, 0.15) is 11.5 Å². The molecular formula is C11H18N2O2. The summed E-state index contributed by atoms with van der Waals surface area (Å²) >= 11 is 0. The van der Waals surface area contributed by atoms with Gasteiger partial charge in [0.05, 0.1) is 6.54 Å². The Labute approximate surface area is 90.0 Å². The van der Waals surface area contributed by atoms with Gasteiger partial charge in [-0.1, -0.05) is 6.92 Å². The first kappa shape index (κ1) is 11.8. The van der Waals surface area contributed by atoms with Crippen LogP contribution in [0.5, 0.6) is 0 Å². The molecule has 2 N–H and O–H groups in total. The normalized spacial score (nSPS) is 12.5. The first-order valence-electron chi connectivity index (χ1n) is 5.11. The summed E-state index contributed by atoms with van der Waals surface area (Å²) in [6.45, 7) is 4.91. The zero-order valence-corrected chi connectivity index (χ0v) is 9.46. The maximum absolute atomic E-state index is 11.5. The van der Waals surface area contributed by atoms with Crippen molar-refractivity contribution in [3.8, 4) is 0 Å². The lowest BCUT2D eigenvalue weighted by Crippen LogP contribution is -2.33. The van der Waals surface area contributed by atoms with E-state index in [0.717, 1.165) is 11.5 Å². The van der Waals surface area contributed by atoms with E-state index >= 15 is 0 Å². The summed E-state index contributed by atoms with van der Waals surface area (Å²) in [5.41, 5.74) is 0. The summed E-state index contributed by atoms with van der Waals surface area (Å²) in [6, 6.07) is 3.76. The first-order valence-corrected chi connectivity index (χ1v) is 5.11. The summed E-state index contributed by atoms with van der Waals surface area (Å²) in [5, 5.41) is 5.79. The molecule has 4 heteroatoms. The maximum Gasteiger partial charge on any atom is 0.224 e. The van der Waals surface area contributed by atoms with E-state index in [9.17, 15) is 4.79 Å². The van der Waals surface area contributed by atoms with Crippen molar-refractivity contribution in [1.29, 1.82) is 0 Å². The molecule has 0 saturated heterocycles. The van der Waals surface area contributed by atoms with Crippen molar-refractivity contribution < 1.29 is 9.21 Å². The molecule has 0 bridgehead atoms. The average molecular weight is 210 g/mol. The fourth-order valence-corrected chi connectivity index (χ4v) is 1.33. The summed E-state index contributed by atoms with van der Waals surface area (Å²) in [6.07, 6.45) is 0. The zero-order valence-electron chi connectivity index (χ0n) is 9.46. The Hall–Kier alpha value is -1.29. The van der Waals surface area contributed by atoms with Crippen molar-refractivity contribution >= 4 is 5.91 Å². The standard InChI is InChI=1S/C11H18N2O2/c1-8(6-12-3)11(14)13-7-10-5-4-9(2)15-10/h4-5,8,12H,6-7H2,1-3H3,(H,13,14). The maximum atomic E-state index is 11.5. The Balaban J connectivity index is 2.34. The number of rotatable bonds is 5. The van der Waals surface area contributed by atoms with Gasteiger partial charge in [-0.3, -0.25) is 4.79 Å². The number of hydrogen-bond donors (Lipinski definition) is 2. The van der Waals surface area contributed by atoms with E-state index in [2.05, 4.69) is 10.6 Å². The third kappa shape index (κ3) is 3.75. The van der Waals surface area contributed by atoms with Crippen LogP contribution in [-0.2, 0) is 11.3 Å². The van der Waals surface area contributed by atoms with E-state index in [1.807, 2.05) is 33.0 Å². The minimum absolute atomic E-state index is 0.0222. The van der Waals surface area contributed by atoms with Crippen LogP contribution >= 0.6 is 0 Å². The van der Waals surface area contributed by atoms with Crippen molar-refractivity contribution in [2.24, 2.45) is 5.92 Å². The molecule has 0 fully saturated rings. The molecule has 1 atom stereocenters. The van der Waals surface area contributed by atoms with Gasteiger partial charge in [-0.05, 0) is 26.1 Å². The topological polar surface area (TPSA) is 54.3 Å². The molecular weight excluding hydrogens is 192 g/mol. The first-order chi connectivity index (χ1) is 7.13. The van der Waals surface area contributed by atoms with Crippen molar-refractivity contribution in [1.82, 2.24) is 10.6 Å². The smallest absolute Gasteiger partial charge is 0.224 e. The fourth-order valence-electron chi connectivity index (χ4n) is 1.33. The quantitative estimate of drug-likeness (QED) is 0.764. The molecule has 0 spiro atoms. The van der Waals surface area contributed by atoms with Gasteiger partial charge in [-0.2, -0.15) is 0 Å². The Morgan fingerprint density at radius 3 is 2.80 bits per heavy atom. The van der Waals surface area contributed by atoms with Gasteiger partial charge in [0.15, 0.2) is 0 Å². The highest BCUT2D eigenvalue weighted by Gasteiger charge is 2.11. The molecule has 0 aliphatic rings. The highest BCUT2D eigenvalue weighted by atomic mass is 16.3. The van der Waals surface area contributed by atoms with Crippen LogP contribution in [0.3, 0.4) is 0 Å². The zero-order chi connectivity index (χ0) is 11.3. The van der Waals surface area contributed by atoms with E-state index in [0.29, 0.717) is 13.1 Å². The third-order valence-electron chi connectivity index (χ3n) is 2.19. The average Bonchev–Trinajstić information content (AvgIpc) is 2.61. The molecule has 0 aromatic carbocycles. The lowest BCUT2D eigenvalue weighted by Gasteiger charge is -2.10. The lowest BCUT2D eigenvalue weighted by atomic mass is 10.1. The van der Waals surface area contributed by atoms with Crippen LogP contribution in [0.15, 0.2) is 16.5 Å². The number of amides is 1. The number of hydrogen-bond acceptors (Lipinski definition) is 3. The molecule has 15 heavy (non-hydrogen) atoms. The molecule has 1 rings (SSSR count). The Bertz CT molecular complexity index is 320. The summed E-state index contributed by atoms with van der Waals surface area (Å²) in [4.78, 5) is 11.5.